The molecule has 4 rings (SSSR count). The van der Waals surface area contributed by atoms with Crippen molar-refractivity contribution in [2.24, 2.45) is 0 Å². The van der Waals surface area contributed by atoms with E-state index in [-0.39, 0.29) is 12.2 Å². The zero-order valence-electron chi connectivity index (χ0n) is 18.4. The molecule has 0 spiro atoms. The molecular formula is C25H15Br3Cl2N2O4. The number of nitrogens with zero attached hydrogens (tertiary/aromatic N) is 1. The molecule has 3 aromatic rings. The van der Waals surface area contributed by atoms with Gasteiger partial charge in [0.15, 0.2) is 0 Å². The number of rotatable bonds is 5. The Labute approximate surface area is 242 Å². The topological polar surface area (TPSA) is 75.7 Å². The van der Waals surface area contributed by atoms with Crippen LogP contribution in [0.15, 0.2) is 67.5 Å². The van der Waals surface area contributed by atoms with Gasteiger partial charge in [-0.25, -0.2) is 9.69 Å². The summed E-state index contributed by atoms with van der Waals surface area (Å²) in [4.78, 5) is 39.1. The molecule has 1 N–H and O–H groups in total. The Morgan fingerprint density at radius 2 is 1.61 bits per heavy atom. The Morgan fingerprint density at radius 1 is 0.917 bits per heavy atom. The lowest BCUT2D eigenvalue weighted by Crippen LogP contribution is -2.54. The SMILES string of the molecule is Cc1cc(N2C(=O)NC(=O)/C(=C\c3cc(Br)c(OCc4ccc(Cl)c(Cl)c4)c(Br)c3)C2=O)ccc1Br. The van der Waals surface area contributed by atoms with Crippen LogP contribution in [0.4, 0.5) is 10.5 Å². The highest BCUT2D eigenvalue weighted by molar-refractivity contribution is 9.11. The highest BCUT2D eigenvalue weighted by Crippen LogP contribution is 2.37. The number of carbonyl (C=O) groups excluding carboxylic acids is 3. The molecule has 11 heteroatoms. The molecule has 1 fully saturated rings. The summed E-state index contributed by atoms with van der Waals surface area (Å²) in [6, 6.07) is 12.8. The van der Waals surface area contributed by atoms with Crippen molar-refractivity contribution in [2.45, 2.75) is 13.5 Å². The predicted octanol–water partition coefficient (Wildman–Crippen LogP) is 7.83. The second kappa shape index (κ2) is 11.1. The zero-order chi connectivity index (χ0) is 26.1. The van der Waals surface area contributed by atoms with Gasteiger partial charge in [-0.15, -0.1) is 0 Å². The van der Waals surface area contributed by atoms with Gasteiger partial charge >= 0.3 is 6.03 Å². The minimum absolute atomic E-state index is 0.182. The smallest absolute Gasteiger partial charge is 0.335 e. The van der Waals surface area contributed by atoms with Crippen molar-refractivity contribution in [1.82, 2.24) is 5.32 Å². The van der Waals surface area contributed by atoms with Gasteiger partial charge in [-0.3, -0.25) is 14.9 Å². The van der Waals surface area contributed by atoms with Crippen LogP contribution in [0.25, 0.3) is 6.08 Å². The molecule has 4 amide bonds. The maximum Gasteiger partial charge on any atom is 0.335 e. The van der Waals surface area contributed by atoms with E-state index in [4.69, 9.17) is 27.9 Å². The number of carbonyl (C=O) groups is 3. The molecule has 1 saturated heterocycles. The second-order valence-corrected chi connectivity index (χ2v) is 11.1. The average molecular weight is 718 g/mol. The molecule has 0 unspecified atom stereocenters. The Balaban J connectivity index is 1.61. The number of aryl methyl sites for hydroxylation is 1. The van der Waals surface area contributed by atoms with Crippen molar-refractivity contribution in [3.63, 3.8) is 0 Å². The summed E-state index contributed by atoms with van der Waals surface area (Å²) in [6.45, 7) is 2.07. The molecule has 0 saturated carbocycles. The fourth-order valence-corrected chi connectivity index (χ4v) is 5.43. The van der Waals surface area contributed by atoms with Crippen molar-refractivity contribution in [2.75, 3.05) is 4.90 Å². The fraction of sp³-hybridized carbons (Fsp3) is 0.0800. The van der Waals surface area contributed by atoms with Gasteiger partial charge in [0.25, 0.3) is 11.8 Å². The van der Waals surface area contributed by atoms with Crippen LogP contribution in [-0.2, 0) is 16.2 Å². The minimum Gasteiger partial charge on any atom is -0.487 e. The van der Waals surface area contributed by atoms with Crippen LogP contribution in [0, 0.1) is 6.92 Å². The van der Waals surface area contributed by atoms with Gasteiger partial charge in [0.1, 0.15) is 17.9 Å². The lowest BCUT2D eigenvalue weighted by Gasteiger charge is -2.26. The molecule has 6 nitrogen and oxygen atoms in total. The summed E-state index contributed by atoms with van der Waals surface area (Å²) in [5.74, 6) is -0.982. The first-order valence-electron chi connectivity index (χ1n) is 10.3. The van der Waals surface area contributed by atoms with E-state index in [0.717, 1.165) is 20.5 Å². The van der Waals surface area contributed by atoms with Crippen LogP contribution in [-0.4, -0.2) is 17.8 Å². The van der Waals surface area contributed by atoms with Gasteiger partial charge < -0.3 is 4.74 Å². The van der Waals surface area contributed by atoms with Crippen molar-refractivity contribution in [3.8, 4) is 5.75 Å². The van der Waals surface area contributed by atoms with Crippen LogP contribution in [0.5, 0.6) is 5.75 Å². The third kappa shape index (κ3) is 5.70. The Morgan fingerprint density at radius 3 is 2.25 bits per heavy atom. The average Bonchev–Trinajstić information content (AvgIpc) is 2.80. The Hall–Kier alpha value is -2.17. The van der Waals surface area contributed by atoms with E-state index in [2.05, 4.69) is 53.1 Å². The van der Waals surface area contributed by atoms with Crippen LogP contribution in [0.3, 0.4) is 0 Å². The van der Waals surface area contributed by atoms with E-state index in [9.17, 15) is 14.4 Å². The van der Waals surface area contributed by atoms with Gasteiger partial charge in [0, 0.05) is 4.47 Å². The van der Waals surface area contributed by atoms with Crippen LogP contribution >= 0.6 is 71.0 Å². The number of hydrogen-bond acceptors (Lipinski definition) is 4. The largest absolute Gasteiger partial charge is 0.487 e. The second-order valence-electron chi connectivity index (χ2n) is 7.74. The van der Waals surface area contributed by atoms with E-state index in [1.54, 1.807) is 42.5 Å². The van der Waals surface area contributed by atoms with Gasteiger partial charge in [-0.2, -0.15) is 0 Å². The molecule has 1 aliphatic heterocycles. The monoisotopic (exact) mass is 714 g/mol. The highest BCUT2D eigenvalue weighted by Gasteiger charge is 2.37. The lowest BCUT2D eigenvalue weighted by atomic mass is 10.1. The standard InChI is InChI=1S/C25H15Br3Cl2N2O4/c1-12-6-15(3-4-17(12)26)32-24(34)16(23(33)31-25(32)35)7-14-8-18(27)22(19(28)9-14)36-11-13-2-5-20(29)21(30)10-13/h2-10H,11H2,1H3,(H,31,33,35)/b16-7+. The van der Waals surface area contributed by atoms with Crippen molar-refractivity contribution in [1.29, 1.82) is 0 Å². The summed E-state index contributed by atoms with van der Waals surface area (Å²) >= 11 is 22.4. The number of benzene rings is 3. The molecule has 1 aliphatic rings. The highest BCUT2D eigenvalue weighted by atomic mass is 79.9. The normalized spacial score (nSPS) is 14.9. The molecule has 3 aromatic carbocycles. The number of urea groups is 1. The fourth-order valence-electron chi connectivity index (χ4n) is 3.41. The molecule has 0 radical (unpaired) electrons. The first-order valence-corrected chi connectivity index (χ1v) is 13.4. The molecule has 36 heavy (non-hydrogen) atoms. The first-order chi connectivity index (χ1) is 17.0. The summed E-state index contributed by atoms with van der Waals surface area (Å²) in [5, 5.41) is 3.11. The molecule has 0 atom stereocenters. The molecule has 0 aromatic heterocycles. The van der Waals surface area contributed by atoms with E-state index in [1.165, 1.54) is 6.08 Å². The minimum atomic E-state index is -0.808. The van der Waals surface area contributed by atoms with Crippen molar-refractivity contribution < 1.29 is 19.1 Å². The van der Waals surface area contributed by atoms with E-state index < -0.39 is 17.8 Å². The first kappa shape index (κ1) is 26.9. The van der Waals surface area contributed by atoms with Gasteiger partial charge in [0.05, 0.1) is 24.7 Å². The number of ether oxygens (including phenoxy) is 1. The summed E-state index contributed by atoms with van der Waals surface area (Å²) < 4.78 is 7.93. The lowest BCUT2D eigenvalue weighted by molar-refractivity contribution is -0.122. The van der Waals surface area contributed by atoms with Crippen LogP contribution in [0.1, 0.15) is 16.7 Å². The van der Waals surface area contributed by atoms with E-state index >= 15 is 0 Å². The molecule has 0 aliphatic carbocycles. The summed E-state index contributed by atoms with van der Waals surface area (Å²) in [6.07, 6.45) is 1.42. The molecule has 1 heterocycles. The van der Waals surface area contributed by atoms with Gasteiger partial charge in [-0.1, -0.05) is 45.2 Å². The maximum atomic E-state index is 13.2. The summed E-state index contributed by atoms with van der Waals surface area (Å²) in [5.41, 5.74) is 2.37. The van der Waals surface area contributed by atoms with E-state index in [0.29, 0.717) is 36.0 Å². The van der Waals surface area contributed by atoms with Crippen molar-refractivity contribution in [3.05, 3.63) is 94.3 Å². The van der Waals surface area contributed by atoms with Crippen LogP contribution < -0.4 is 15.0 Å². The van der Waals surface area contributed by atoms with Gasteiger partial charge in [-0.05, 0) is 104 Å². The summed E-state index contributed by atoms with van der Waals surface area (Å²) in [7, 11) is 0. The Kier molecular flexibility index (Phi) is 8.26. The molecule has 0 bridgehead atoms. The number of hydrogen-bond donors (Lipinski definition) is 1. The Bertz CT molecular complexity index is 1440. The number of anilines is 1. The van der Waals surface area contributed by atoms with Gasteiger partial charge in [0.2, 0.25) is 0 Å². The zero-order valence-corrected chi connectivity index (χ0v) is 24.6. The number of imide groups is 2. The maximum absolute atomic E-state index is 13.2. The number of barbiturate groups is 1. The quantitative estimate of drug-likeness (QED) is 0.216. The number of halogens is 5. The van der Waals surface area contributed by atoms with E-state index in [1.807, 2.05) is 13.0 Å². The third-order valence-corrected chi connectivity index (χ3v) is 8.01. The third-order valence-electron chi connectivity index (χ3n) is 5.20. The number of amides is 4. The van der Waals surface area contributed by atoms with Crippen LogP contribution in [0.2, 0.25) is 10.0 Å². The predicted molar refractivity (Wildman–Crippen MR) is 151 cm³/mol. The molecular weight excluding hydrogens is 703 g/mol. The van der Waals surface area contributed by atoms with Crippen molar-refractivity contribution >= 4 is 101 Å². The molecule has 184 valence electrons. The number of nitrogens with one attached hydrogen (secondary N) is 1.